The van der Waals surface area contributed by atoms with E-state index in [0.717, 1.165) is 16.7 Å². The van der Waals surface area contributed by atoms with E-state index in [2.05, 4.69) is 5.32 Å². The highest BCUT2D eigenvalue weighted by Crippen LogP contribution is 2.21. The molecule has 0 heterocycles. The molecule has 0 unspecified atom stereocenters. The molecule has 0 radical (unpaired) electrons. The number of rotatable bonds is 3. The van der Waals surface area contributed by atoms with Crippen molar-refractivity contribution in [1.29, 1.82) is 5.26 Å². The number of anilines is 1. The van der Waals surface area contributed by atoms with Gasteiger partial charge in [0.25, 0.3) is 5.91 Å². The lowest BCUT2D eigenvalue weighted by molar-refractivity contribution is -0.112. The van der Waals surface area contributed by atoms with Gasteiger partial charge in [-0.1, -0.05) is 41.9 Å². The number of carbonyl (C=O) groups is 1. The van der Waals surface area contributed by atoms with Crippen molar-refractivity contribution in [2.45, 2.75) is 13.8 Å². The number of para-hydroxylation sites is 1. The zero-order chi connectivity index (χ0) is 16.1. The van der Waals surface area contributed by atoms with Crippen LogP contribution in [0.15, 0.2) is 48.0 Å². The van der Waals surface area contributed by atoms with Crippen LogP contribution < -0.4 is 5.32 Å². The van der Waals surface area contributed by atoms with E-state index in [0.29, 0.717) is 10.7 Å². The molecular weight excluding hydrogens is 296 g/mol. The number of nitrogens with zero attached hydrogens (tertiary/aromatic N) is 1. The third-order valence-electron chi connectivity index (χ3n) is 3.33. The molecule has 22 heavy (non-hydrogen) atoms. The summed E-state index contributed by atoms with van der Waals surface area (Å²) >= 11 is 6.00. The summed E-state index contributed by atoms with van der Waals surface area (Å²) < 4.78 is 0. The highest BCUT2D eigenvalue weighted by atomic mass is 35.5. The van der Waals surface area contributed by atoms with Gasteiger partial charge in [-0.3, -0.25) is 4.79 Å². The Kier molecular flexibility index (Phi) is 4.98. The molecule has 4 heteroatoms. The maximum Gasteiger partial charge on any atom is 0.266 e. The third-order valence-corrected chi connectivity index (χ3v) is 3.66. The van der Waals surface area contributed by atoms with Crippen LogP contribution in [0.4, 0.5) is 5.69 Å². The molecule has 0 spiro atoms. The van der Waals surface area contributed by atoms with Gasteiger partial charge in [0.1, 0.15) is 11.6 Å². The fourth-order valence-electron chi connectivity index (χ4n) is 1.92. The number of benzene rings is 2. The SMILES string of the molecule is Cc1ccc(/C=C(\C#N)C(=O)Nc2ccccc2Cl)cc1C. The van der Waals surface area contributed by atoms with Crippen LogP contribution in [-0.2, 0) is 4.79 Å². The van der Waals surface area contributed by atoms with Gasteiger partial charge < -0.3 is 5.32 Å². The fraction of sp³-hybridized carbons (Fsp3) is 0.111. The third kappa shape index (κ3) is 3.75. The minimum absolute atomic E-state index is 0.0307. The Morgan fingerprint density at radius 3 is 2.55 bits per heavy atom. The molecular formula is C18H15ClN2O. The molecule has 0 fully saturated rings. The molecule has 2 rings (SSSR count). The van der Waals surface area contributed by atoms with Gasteiger partial charge in [-0.2, -0.15) is 5.26 Å². The Balaban J connectivity index is 2.26. The van der Waals surface area contributed by atoms with Crippen LogP contribution in [0, 0.1) is 25.2 Å². The summed E-state index contributed by atoms with van der Waals surface area (Å²) in [5.74, 6) is -0.478. The molecule has 0 aliphatic heterocycles. The van der Waals surface area contributed by atoms with Crippen molar-refractivity contribution in [3.05, 3.63) is 69.8 Å². The maximum atomic E-state index is 12.2. The van der Waals surface area contributed by atoms with Crippen molar-refractivity contribution in [3.63, 3.8) is 0 Å². The van der Waals surface area contributed by atoms with Crippen LogP contribution in [0.25, 0.3) is 6.08 Å². The number of nitriles is 1. The van der Waals surface area contributed by atoms with Gasteiger partial charge in [0.05, 0.1) is 10.7 Å². The largest absolute Gasteiger partial charge is 0.320 e. The molecule has 0 saturated heterocycles. The average Bonchev–Trinajstić information content (AvgIpc) is 2.50. The molecule has 0 bridgehead atoms. The van der Waals surface area contributed by atoms with Crippen molar-refractivity contribution in [3.8, 4) is 6.07 Å². The number of aryl methyl sites for hydroxylation is 2. The van der Waals surface area contributed by atoms with E-state index in [1.165, 1.54) is 0 Å². The van der Waals surface area contributed by atoms with Crippen molar-refractivity contribution < 1.29 is 4.79 Å². The Labute approximate surface area is 134 Å². The van der Waals surface area contributed by atoms with E-state index < -0.39 is 5.91 Å². The molecule has 0 aromatic heterocycles. The van der Waals surface area contributed by atoms with E-state index in [-0.39, 0.29) is 5.57 Å². The fourth-order valence-corrected chi connectivity index (χ4v) is 2.10. The lowest BCUT2D eigenvalue weighted by Gasteiger charge is -2.06. The first kappa shape index (κ1) is 15.8. The van der Waals surface area contributed by atoms with Gasteiger partial charge in [0.15, 0.2) is 0 Å². The lowest BCUT2D eigenvalue weighted by Crippen LogP contribution is -2.13. The number of carbonyl (C=O) groups excluding carboxylic acids is 1. The summed E-state index contributed by atoms with van der Waals surface area (Å²) in [6.45, 7) is 4.00. The smallest absolute Gasteiger partial charge is 0.266 e. The quantitative estimate of drug-likeness (QED) is 0.670. The molecule has 0 atom stereocenters. The number of hydrogen-bond acceptors (Lipinski definition) is 2. The van der Waals surface area contributed by atoms with Gasteiger partial charge in [-0.15, -0.1) is 0 Å². The maximum absolute atomic E-state index is 12.2. The van der Waals surface area contributed by atoms with Crippen molar-refractivity contribution in [1.82, 2.24) is 0 Å². The summed E-state index contributed by atoms with van der Waals surface area (Å²) in [5, 5.41) is 12.3. The van der Waals surface area contributed by atoms with Crippen molar-refractivity contribution >= 4 is 29.3 Å². The topological polar surface area (TPSA) is 52.9 Å². The Morgan fingerprint density at radius 1 is 1.18 bits per heavy atom. The number of hydrogen-bond donors (Lipinski definition) is 1. The molecule has 0 aliphatic rings. The number of amides is 1. The zero-order valence-electron chi connectivity index (χ0n) is 12.4. The molecule has 2 aromatic rings. The van der Waals surface area contributed by atoms with Crippen LogP contribution in [0.1, 0.15) is 16.7 Å². The lowest BCUT2D eigenvalue weighted by atomic mass is 10.0. The summed E-state index contributed by atoms with van der Waals surface area (Å²) in [6, 6.07) is 14.6. The predicted octanol–water partition coefficient (Wildman–Crippen LogP) is 4.50. The van der Waals surface area contributed by atoms with Gasteiger partial charge >= 0.3 is 0 Å². The molecule has 0 saturated carbocycles. The second-order valence-electron chi connectivity index (χ2n) is 4.95. The second kappa shape index (κ2) is 6.93. The number of halogens is 1. The molecule has 1 N–H and O–H groups in total. The van der Waals surface area contributed by atoms with Crippen molar-refractivity contribution in [2.75, 3.05) is 5.32 Å². The van der Waals surface area contributed by atoms with Gasteiger partial charge in [0.2, 0.25) is 0 Å². The van der Waals surface area contributed by atoms with Crippen LogP contribution in [0.2, 0.25) is 5.02 Å². The number of nitrogens with one attached hydrogen (secondary N) is 1. The van der Waals surface area contributed by atoms with Gasteiger partial charge in [-0.25, -0.2) is 0 Å². The van der Waals surface area contributed by atoms with Crippen LogP contribution in [-0.4, -0.2) is 5.91 Å². The van der Waals surface area contributed by atoms with Crippen LogP contribution >= 0.6 is 11.6 Å². The van der Waals surface area contributed by atoms with Crippen molar-refractivity contribution in [2.24, 2.45) is 0 Å². The molecule has 2 aromatic carbocycles. The van der Waals surface area contributed by atoms with E-state index in [9.17, 15) is 10.1 Å². The summed E-state index contributed by atoms with van der Waals surface area (Å²) in [4.78, 5) is 12.2. The van der Waals surface area contributed by atoms with E-state index in [4.69, 9.17) is 11.6 Å². The zero-order valence-corrected chi connectivity index (χ0v) is 13.1. The van der Waals surface area contributed by atoms with Gasteiger partial charge in [-0.05, 0) is 48.7 Å². The highest BCUT2D eigenvalue weighted by Gasteiger charge is 2.11. The normalized spacial score (nSPS) is 10.9. The molecule has 1 amide bonds. The van der Waals surface area contributed by atoms with Gasteiger partial charge in [0, 0.05) is 0 Å². The minimum atomic E-state index is -0.478. The average molecular weight is 311 g/mol. The Hall–Kier alpha value is -2.57. The summed E-state index contributed by atoms with van der Waals surface area (Å²) in [5.41, 5.74) is 3.60. The molecule has 0 aliphatic carbocycles. The summed E-state index contributed by atoms with van der Waals surface area (Å²) in [6.07, 6.45) is 1.57. The van der Waals surface area contributed by atoms with E-state index in [1.54, 1.807) is 30.3 Å². The molecule has 110 valence electrons. The molecule has 3 nitrogen and oxygen atoms in total. The summed E-state index contributed by atoms with van der Waals surface area (Å²) in [7, 11) is 0. The first-order valence-corrected chi connectivity index (χ1v) is 7.14. The Morgan fingerprint density at radius 2 is 1.91 bits per heavy atom. The minimum Gasteiger partial charge on any atom is -0.320 e. The second-order valence-corrected chi connectivity index (χ2v) is 5.35. The Bertz CT molecular complexity index is 788. The first-order valence-electron chi connectivity index (χ1n) is 6.76. The van der Waals surface area contributed by atoms with E-state index in [1.807, 2.05) is 38.1 Å². The van der Waals surface area contributed by atoms with Crippen LogP contribution in [0.5, 0.6) is 0 Å². The highest BCUT2D eigenvalue weighted by molar-refractivity contribution is 6.34. The first-order chi connectivity index (χ1) is 10.5. The van der Waals surface area contributed by atoms with E-state index >= 15 is 0 Å². The standard InChI is InChI=1S/C18H15ClN2O/c1-12-7-8-14(9-13(12)2)10-15(11-20)18(22)21-17-6-4-3-5-16(17)19/h3-10H,1-2H3,(H,21,22)/b15-10+. The predicted molar refractivity (Wildman–Crippen MR) is 89.6 cm³/mol. The van der Waals surface area contributed by atoms with Crippen LogP contribution in [0.3, 0.4) is 0 Å². The monoisotopic (exact) mass is 310 g/mol.